The summed E-state index contributed by atoms with van der Waals surface area (Å²) in [7, 11) is 0. The van der Waals surface area contributed by atoms with E-state index in [2.05, 4.69) is 16.8 Å². The number of hydrazine groups is 1. The smallest absolute Gasteiger partial charge is 0.254 e. The van der Waals surface area contributed by atoms with Crippen molar-refractivity contribution in [2.45, 2.75) is 25.3 Å². The first kappa shape index (κ1) is 14.0. The summed E-state index contributed by atoms with van der Waals surface area (Å²) >= 11 is 1.72. The fraction of sp³-hybridized carbons (Fsp3) is 0.267. The highest BCUT2D eigenvalue weighted by Gasteiger charge is 2.24. The van der Waals surface area contributed by atoms with Gasteiger partial charge < -0.3 is 10.7 Å². The summed E-state index contributed by atoms with van der Waals surface area (Å²) in [5.41, 5.74) is 3.69. The Balaban J connectivity index is 1.84. The molecule has 1 atom stereocenters. The summed E-state index contributed by atoms with van der Waals surface area (Å²) in [5, 5.41) is 5.03. The predicted octanol–water partition coefficient (Wildman–Crippen LogP) is 2.98. The molecule has 6 heteroatoms. The Kier molecular flexibility index (Phi) is 3.90. The number of carbonyl (C=O) groups excluding carboxylic acids is 1. The van der Waals surface area contributed by atoms with E-state index >= 15 is 0 Å². The van der Waals surface area contributed by atoms with Crippen molar-refractivity contribution >= 4 is 22.9 Å². The summed E-state index contributed by atoms with van der Waals surface area (Å²) in [6, 6.07) is 6.37. The summed E-state index contributed by atoms with van der Waals surface area (Å²) < 4.78 is 13.7. The molecule has 1 aliphatic rings. The van der Waals surface area contributed by atoms with E-state index in [-0.39, 0.29) is 23.2 Å². The number of nitrogens with two attached hydrogens (primary N) is 1. The van der Waals surface area contributed by atoms with Crippen LogP contribution in [0.2, 0.25) is 0 Å². The fourth-order valence-corrected chi connectivity index (χ4v) is 3.72. The Morgan fingerprint density at radius 3 is 3.05 bits per heavy atom. The van der Waals surface area contributed by atoms with Crippen molar-refractivity contribution in [3.8, 4) is 0 Å². The van der Waals surface area contributed by atoms with Gasteiger partial charge in [-0.25, -0.2) is 4.39 Å². The first-order valence-corrected chi connectivity index (χ1v) is 7.71. The van der Waals surface area contributed by atoms with Gasteiger partial charge in [0.1, 0.15) is 5.82 Å². The summed E-state index contributed by atoms with van der Waals surface area (Å²) in [4.78, 5) is 13.7. The summed E-state index contributed by atoms with van der Waals surface area (Å²) in [6.07, 6.45) is 3.01. The molecule has 0 radical (unpaired) electrons. The van der Waals surface area contributed by atoms with Gasteiger partial charge in [-0.3, -0.25) is 10.6 Å². The van der Waals surface area contributed by atoms with E-state index in [1.807, 2.05) is 5.38 Å². The van der Waals surface area contributed by atoms with Crippen molar-refractivity contribution in [2.24, 2.45) is 5.84 Å². The van der Waals surface area contributed by atoms with Crippen molar-refractivity contribution in [3.63, 3.8) is 0 Å². The Hall–Kier alpha value is -1.92. The molecule has 2 aromatic rings. The molecular weight excluding hydrogens is 289 g/mol. The number of hydrogen-bond donors (Lipinski definition) is 3. The van der Waals surface area contributed by atoms with Crippen LogP contribution in [0, 0.1) is 5.82 Å². The molecule has 1 amide bonds. The maximum absolute atomic E-state index is 13.7. The van der Waals surface area contributed by atoms with Crippen LogP contribution in [0.15, 0.2) is 29.6 Å². The van der Waals surface area contributed by atoms with E-state index in [1.165, 1.54) is 22.6 Å². The zero-order valence-corrected chi connectivity index (χ0v) is 12.2. The second-order valence-electron chi connectivity index (χ2n) is 5.02. The molecule has 1 aromatic heterocycles. The molecule has 0 fully saturated rings. The van der Waals surface area contributed by atoms with Crippen LogP contribution in [0.5, 0.6) is 0 Å². The van der Waals surface area contributed by atoms with Crippen LogP contribution in [0.3, 0.4) is 0 Å². The van der Waals surface area contributed by atoms with Gasteiger partial charge in [0, 0.05) is 4.88 Å². The number of para-hydroxylation sites is 1. The summed E-state index contributed by atoms with van der Waals surface area (Å²) in [5.74, 6) is 4.46. The molecule has 1 unspecified atom stereocenters. The van der Waals surface area contributed by atoms with Crippen molar-refractivity contribution in [2.75, 3.05) is 5.43 Å². The average molecular weight is 305 g/mol. The second-order valence-corrected chi connectivity index (χ2v) is 6.02. The number of hydrogen-bond acceptors (Lipinski definition) is 4. The van der Waals surface area contributed by atoms with Crippen LogP contribution in [0.4, 0.5) is 10.1 Å². The quantitative estimate of drug-likeness (QED) is 0.603. The highest BCUT2D eigenvalue weighted by atomic mass is 32.1. The first-order chi connectivity index (χ1) is 10.2. The van der Waals surface area contributed by atoms with Crippen molar-refractivity contribution in [1.29, 1.82) is 0 Å². The van der Waals surface area contributed by atoms with Crippen LogP contribution >= 0.6 is 11.3 Å². The topological polar surface area (TPSA) is 67.1 Å². The Bertz CT molecular complexity index is 671. The minimum absolute atomic E-state index is 0.0126. The average Bonchev–Trinajstić information content (AvgIpc) is 2.96. The molecule has 21 heavy (non-hydrogen) atoms. The lowest BCUT2D eigenvalue weighted by atomic mass is 9.93. The van der Waals surface area contributed by atoms with Gasteiger partial charge in [0.05, 0.1) is 17.3 Å². The number of fused-ring (bicyclic) bond motifs is 1. The maximum Gasteiger partial charge on any atom is 0.254 e. The van der Waals surface area contributed by atoms with E-state index in [0.717, 1.165) is 19.3 Å². The van der Waals surface area contributed by atoms with Crippen molar-refractivity contribution in [3.05, 3.63) is 51.5 Å². The number of anilines is 1. The highest BCUT2D eigenvalue weighted by Crippen LogP contribution is 2.33. The van der Waals surface area contributed by atoms with Crippen LogP contribution in [0.25, 0.3) is 0 Å². The molecule has 0 spiro atoms. The van der Waals surface area contributed by atoms with Gasteiger partial charge >= 0.3 is 0 Å². The normalized spacial score (nSPS) is 17.1. The number of rotatable bonds is 3. The number of thiophene rings is 1. The molecule has 1 aromatic carbocycles. The molecule has 4 nitrogen and oxygen atoms in total. The van der Waals surface area contributed by atoms with E-state index < -0.39 is 5.82 Å². The van der Waals surface area contributed by atoms with Gasteiger partial charge in [0.2, 0.25) is 0 Å². The molecule has 4 N–H and O–H groups in total. The molecule has 3 rings (SSSR count). The lowest BCUT2D eigenvalue weighted by Crippen LogP contribution is -2.31. The molecular formula is C15H16FN3OS. The number of amides is 1. The van der Waals surface area contributed by atoms with Gasteiger partial charge in [-0.1, -0.05) is 6.07 Å². The molecule has 110 valence electrons. The molecule has 1 heterocycles. The second kappa shape index (κ2) is 5.83. The zero-order valence-electron chi connectivity index (χ0n) is 11.4. The van der Waals surface area contributed by atoms with Gasteiger partial charge in [0.15, 0.2) is 0 Å². The zero-order chi connectivity index (χ0) is 14.8. The Morgan fingerprint density at radius 2 is 2.24 bits per heavy atom. The van der Waals surface area contributed by atoms with Crippen molar-refractivity contribution < 1.29 is 9.18 Å². The number of aryl methyl sites for hydroxylation is 1. The lowest BCUT2D eigenvalue weighted by Gasteiger charge is -2.24. The number of nitrogens with one attached hydrogen (secondary N) is 2. The van der Waals surface area contributed by atoms with Crippen LogP contribution in [0.1, 0.15) is 39.7 Å². The van der Waals surface area contributed by atoms with Crippen LogP contribution in [-0.4, -0.2) is 5.91 Å². The third-order valence-electron chi connectivity index (χ3n) is 3.76. The minimum Gasteiger partial charge on any atom is -0.345 e. The van der Waals surface area contributed by atoms with E-state index in [0.29, 0.717) is 0 Å². The predicted molar refractivity (Wildman–Crippen MR) is 81.7 cm³/mol. The van der Waals surface area contributed by atoms with Crippen LogP contribution < -0.4 is 16.6 Å². The molecule has 0 saturated carbocycles. The first-order valence-electron chi connectivity index (χ1n) is 6.83. The fourth-order valence-electron chi connectivity index (χ4n) is 2.73. The van der Waals surface area contributed by atoms with Gasteiger partial charge in [-0.15, -0.1) is 11.3 Å². The number of halogens is 1. The van der Waals surface area contributed by atoms with E-state index in [4.69, 9.17) is 5.84 Å². The third kappa shape index (κ3) is 2.64. The molecule has 1 aliphatic carbocycles. The Morgan fingerprint density at radius 1 is 1.38 bits per heavy atom. The third-order valence-corrected chi connectivity index (χ3v) is 4.76. The standard InChI is InChI=1S/C15H16FN3OS/c16-11-4-1-3-10(14(11)19-17)15(20)18-12-5-2-6-13-9(12)7-8-21-13/h1,3-4,7-8,12,19H,2,5-6,17H2,(H,18,20). The number of carbonyl (C=O) groups is 1. The van der Waals surface area contributed by atoms with Gasteiger partial charge in [-0.05, 0) is 48.4 Å². The van der Waals surface area contributed by atoms with Crippen LogP contribution in [-0.2, 0) is 6.42 Å². The van der Waals surface area contributed by atoms with Crippen molar-refractivity contribution in [1.82, 2.24) is 5.32 Å². The van der Waals surface area contributed by atoms with Gasteiger partial charge in [0.25, 0.3) is 5.91 Å². The lowest BCUT2D eigenvalue weighted by molar-refractivity contribution is 0.0933. The number of nitrogen functional groups attached to an aromatic ring is 1. The van der Waals surface area contributed by atoms with Gasteiger partial charge in [-0.2, -0.15) is 0 Å². The maximum atomic E-state index is 13.7. The van der Waals surface area contributed by atoms with E-state index in [9.17, 15) is 9.18 Å². The SMILES string of the molecule is NNc1c(F)cccc1C(=O)NC1CCCc2sccc21. The Labute approximate surface area is 126 Å². The largest absolute Gasteiger partial charge is 0.345 e. The molecule has 0 aliphatic heterocycles. The monoisotopic (exact) mass is 305 g/mol. The van der Waals surface area contributed by atoms with E-state index in [1.54, 1.807) is 17.4 Å². The summed E-state index contributed by atoms with van der Waals surface area (Å²) in [6.45, 7) is 0. The highest BCUT2D eigenvalue weighted by molar-refractivity contribution is 7.10. The number of benzene rings is 1. The molecule has 0 saturated heterocycles. The minimum atomic E-state index is -0.537. The molecule has 0 bridgehead atoms.